The van der Waals surface area contributed by atoms with Gasteiger partial charge in [-0.05, 0) is 14.0 Å². The van der Waals surface area contributed by atoms with Crippen molar-refractivity contribution in [2.45, 2.75) is 6.92 Å². The van der Waals surface area contributed by atoms with Crippen molar-refractivity contribution < 1.29 is 9.94 Å². The van der Waals surface area contributed by atoms with Gasteiger partial charge in [-0.1, -0.05) is 5.16 Å². The average Bonchev–Trinajstić information content (AvgIpc) is 1.98. The molecular weight excluding hydrogens is 132 g/mol. The maximum Gasteiger partial charge on any atom is 0.129 e. The first kappa shape index (κ1) is 9.39. The summed E-state index contributed by atoms with van der Waals surface area (Å²) in [5.41, 5.74) is 0.594. The van der Waals surface area contributed by atoms with E-state index in [2.05, 4.69) is 10.5 Å². The van der Waals surface area contributed by atoms with Crippen LogP contribution in [0.25, 0.3) is 0 Å². The van der Waals surface area contributed by atoms with Crippen molar-refractivity contribution in [1.82, 2.24) is 5.32 Å². The summed E-state index contributed by atoms with van der Waals surface area (Å²) in [4.78, 5) is 4.79. The van der Waals surface area contributed by atoms with Crippen LogP contribution in [0.3, 0.4) is 0 Å². The summed E-state index contributed by atoms with van der Waals surface area (Å²) in [5.74, 6) is 0. The van der Waals surface area contributed by atoms with Crippen LogP contribution in [-0.2, 0) is 4.84 Å². The lowest BCUT2D eigenvalue weighted by molar-refractivity contribution is 0.145. The molecule has 2 N–H and O–H groups in total. The first-order valence-corrected chi connectivity index (χ1v) is 3.22. The highest BCUT2D eigenvalue weighted by Gasteiger charge is 1.85. The minimum Gasteiger partial charge on any atom is -0.394 e. The maximum atomic E-state index is 8.46. The molecule has 0 aliphatic carbocycles. The van der Waals surface area contributed by atoms with Gasteiger partial charge in [0.05, 0.1) is 12.3 Å². The van der Waals surface area contributed by atoms with Gasteiger partial charge >= 0.3 is 0 Å². The van der Waals surface area contributed by atoms with E-state index in [1.54, 1.807) is 6.92 Å². The van der Waals surface area contributed by atoms with Gasteiger partial charge in [-0.25, -0.2) is 0 Å². The number of hydrogen-bond donors (Lipinski definition) is 2. The SMILES string of the molecule is CNCCO/N=C(/C)CO. The predicted octanol–water partition coefficient (Wildman–Crippen LogP) is -0.409. The highest BCUT2D eigenvalue weighted by Crippen LogP contribution is 1.78. The van der Waals surface area contributed by atoms with Crippen molar-refractivity contribution in [1.29, 1.82) is 0 Å². The second-order valence-corrected chi connectivity index (χ2v) is 1.92. The van der Waals surface area contributed by atoms with Gasteiger partial charge < -0.3 is 15.3 Å². The Kier molecular flexibility index (Phi) is 6.11. The molecular formula is C6H14N2O2. The van der Waals surface area contributed by atoms with Crippen molar-refractivity contribution >= 4 is 5.71 Å². The summed E-state index contributed by atoms with van der Waals surface area (Å²) < 4.78 is 0. The number of aliphatic hydroxyl groups excluding tert-OH is 1. The number of likely N-dealkylation sites (N-methyl/N-ethyl adjacent to an activating group) is 1. The Labute approximate surface area is 60.9 Å². The lowest BCUT2D eigenvalue weighted by atomic mass is 10.5. The van der Waals surface area contributed by atoms with Gasteiger partial charge in [0.1, 0.15) is 6.61 Å². The largest absolute Gasteiger partial charge is 0.394 e. The molecule has 60 valence electrons. The highest BCUT2D eigenvalue weighted by atomic mass is 16.6. The van der Waals surface area contributed by atoms with E-state index in [-0.39, 0.29) is 6.61 Å². The Morgan fingerprint density at radius 2 is 2.40 bits per heavy atom. The molecule has 0 unspecified atom stereocenters. The van der Waals surface area contributed by atoms with Crippen LogP contribution in [0.4, 0.5) is 0 Å². The van der Waals surface area contributed by atoms with Crippen LogP contribution in [0.1, 0.15) is 6.92 Å². The zero-order chi connectivity index (χ0) is 7.82. The highest BCUT2D eigenvalue weighted by molar-refractivity contribution is 5.82. The van der Waals surface area contributed by atoms with Gasteiger partial charge in [0, 0.05) is 6.54 Å². The quantitative estimate of drug-likeness (QED) is 0.315. The first-order chi connectivity index (χ1) is 4.81. The number of rotatable bonds is 5. The van der Waals surface area contributed by atoms with Crippen molar-refractivity contribution in [3.63, 3.8) is 0 Å². The van der Waals surface area contributed by atoms with E-state index in [0.717, 1.165) is 6.54 Å². The minimum absolute atomic E-state index is 0.0421. The van der Waals surface area contributed by atoms with E-state index >= 15 is 0 Å². The van der Waals surface area contributed by atoms with E-state index in [1.807, 2.05) is 7.05 Å². The molecule has 0 fully saturated rings. The molecule has 0 heterocycles. The molecule has 0 rings (SSSR count). The third kappa shape index (κ3) is 5.53. The number of oxime groups is 1. The monoisotopic (exact) mass is 146 g/mol. The van der Waals surface area contributed by atoms with Gasteiger partial charge in [0.2, 0.25) is 0 Å². The Balaban J connectivity index is 3.16. The Morgan fingerprint density at radius 1 is 1.70 bits per heavy atom. The number of nitrogens with one attached hydrogen (secondary N) is 1. The van der Waals surface area contributed by atoms with E-state index in [9.17, 15) is 0 Å². The fourth-order valence-electron chi connectivity index (χ4n) is 0.332. The molecule has 0 aliphatic heterocycles. The topological polar surface area (TPSA) is 53.8 Å². The fraction of sp³-hybridized carbons (Fsp3) is 0.833. The molecule has 0 bridgehead atoms. The van der Waals surface area contributed by atoms with Gasteiger partial charge in [-0.3, -0.25) is 0 Å². The zero-order valence-electron chi connectivity index (χ0n) is 6.42. The lowest BCUT2D eigenvalue weighted by Gasteiger charge is -1.98. The molecule has 0 aromatic heterocycles. The van der Waals surface area contributed by atoms with E-state index in [4.69, 9.17) is 9.94 Å². The minimum atomic E-state index is -0.0421. The Hall–Kier alpha value is -0.610. The van der Waals surface area contributed by atoms with Crippen molar-refractivity contribution in [2.75, 3.05) is 26.8 Å². The zero-order valence-corrected chi connectivity index (χ0v) is 6.42. The van der Waals surface area contributed by atoms with Crippen molar-refractivity contribution in [2.24, 2.45) is 5.16 Å². The van der Waals surface area contributed by atoms with Crippen LogP contribution in [0, 0.1) is 0 Å². The molecule has 0 radical (unpaired) electrons. The van der Waals surface area contributed by atoms with Gasteiger partial charge in [-0.15, -0.1) is 0 Å². The molecule has 0 spiro atoms. The standard InChI is InChI=1S/C6H14N2O2/c1-6(5-9)8-10-4-3-7-2/h7,9H,3-5H2,1-2H3/b8-6-. The summed E-state index contributed by atoms with van der Waals surface area (Å²) in [6.45, 7) is 2.97. The van der Waals surface area contributed by atoms with Crippen LogP contribution in [0.15, 0.2) is 5.16 Å². The lowest BCUT2D eigenvalue weighted by Crippen LogP contribution is -2.13. The van der Waals surface area contributed by atoms with Crippen LogP contribution < -0.4 is 5.32 Å². The molecule has 0 saturated carbocycles. The van der Waals surface area contributed by atoms with Crippen molar-refractivity contribution in [3.8, 4) is 0 Å². The summed E-state index contributed by atoms with van der Waals surface area (Å²) in [6.07, 6.45) is 0. The van der Waals surface area contributed by atoms with E-state index in [0.29, 0.717) is 12.3 Å². The number of hydrogen-bond acceptors (Lipinski definition) is 4. The Morgan fingerprint density at radius 3 is 2.90 bits per heavy atom. The summed E-state index contributed by atoms with van der Waals surface area (Å²) >= 11 is 0. The maximum absolute atomic E-state index is 8.46. The Bertz CT molecular complexity index is 104. The molecule has 4 heteroatoms. The second-order valence-electron chi connectivity index (χ2n) is 1.92. The first-order valence-electron chi connectivity index (χ1n) is 3.22. The summed E-state index contributed by atoms with van der Waals surface area (Å²) in [7, 11) is 1.84. The average molecular weight is 146 g/mol. The fourth-order valence-corrected chi connectivity index (χ4v) is 0.332. The van der Waals surface area contributed by atoms with Crippen LogP contribution in [0.2, 0.25) is 0 Å². The molecule has 0 aromatic rings. The van der Waals surface area contributed by atoms with Gasteiger partial charge in [-0.2, -0.15) is 0 Å². The molecule has 10 heavy (non-hydrogen) atoms. The molecule has 0 amide bonds. The molecule has 0 aromatic carbocycles. The van der Waals surface area contributed by atoms with E-state index < -0.39 is 0 Å². The number of aliphatic hydroxyl groups is 1. The van der Waals surface area contributed by atoms with Crippen molar-refractivity contribution in [3.05, 3.63) is 0 Å². The van der Waals surface area contributed by atoms with Gasteiger partial charge in [0.25, 0.3) is 0 Å². The summed E-state index contributed by atoms with van der Waals surface area (Å²) in [6, 6.07) is 0. The summed E-state index contributed by atoms with van der Waals surface area (Å²) in [5, 5.41) is 15.0. The van der Waals surface area contributed by atoms with E-state index in [1.165, 1.54) is 0 Å². The van der Waals surface area contributed by atoms with Gasteiger partial charge in [0.15, 0.2) is 0 Å². The number of nitrogens with zero attached hydrogens (tertiary/aromatic N) is 1. The smallest absolute Gasteiger partial charge is 0.129 e. The van der Waals surface area contributed by atoms with Crippen LogP contribution in [-0.4, -0.2) is 37.6 Å². The predicted molar refractivity (Wildman–Crippen MR) is 40.1 cm³/mol. The second kappa shape index (κ2) is 6.51. The van der Waals surface area contributed by atoms with Crippen LogP contribution in [0.5, 0.6) is 0 Å². The molecule has 0 aliphatic rings. The molecule has 0 atom stereocenters. The third-order valence-electron chi connectivity index (χ3n) is 0.893. The molecule has 0 saturated heterocycles. The van der Waals surface area contributed by atoms with Crippen LogP contribution >= 0.6 is 0 Å². The normalized spacial score (nSPS) is 11.7. The molecule has 4 nitrogen and oxygen atoms in total. The third-order valence-corrected chi connectivity index (χ3v) is 0.893.